The van der Waals surface area contributed by atoms with Crippen LogP contribution in [0.25, 0.3) is 0 Å². The smallest absolute Gasteiger partial charge is 0.343 e. The van der Waals surface area contributed by atoms with Crippen LogP contribution in [0.1, 0.15) is 15.9 Å². The lowest BCUT2D eigenvalue weighted by molar-refractivity contribution is -0.144. The molecule has 126 valence electrons. The molecule has 0 aliphatic rings. The van der Waals surface area contributed by atoms with Crippen molar-refractivity contribution in [3.05, 3.63) is 72.1 Å². The zero-order valence-electron chi connectivity index (χ0n) is 12.9. The Morgan fingerprint density at radius 1 is 1.16 bits per heavy atom. The number of carbonyl (C=O) groups excluding carboxylic acids is 2. The van der Waals surface area contributed by atoms with Crippen molar-refractivity contribution in [3.63, 3.8) is 0 Å². The minimum atomic E-state index is -0.773. The van der Waals surface area contributed by atoms with Crippen molar-refractivity contribution >= 4 is 11.9 Å². The lowest BCUT2D eigenvalue weighted by Gasteiger charge is -2.07. The Bertz CT molecular complexity index is 840. The zero-order valence-corrected chi connectivity index (χ0v) is 12.9. The first-order chi connectivity index (χ1) is 12.0. The quantitative estimate of drug-likeness (QED) is 0.347. The van der Waals surface area contributed by atoms with E-state index in [1.807, 2.05) is 0 Å². The van der Waals surface area contributed by atoms with E-state index in [0.717, 1.165) is 12.1 Å². The number of carbonyl (C=O) groups is 2. The van der Waals surface area contributed by atoms with Gasteiger partial charge in [-0.15, -0.1) is 0 Å². The summed E-state index contributed by atoms with van der Waals surface area (Å²) in [5, 5.41) is 8.66. The van der Waals surface area contributed by atoms with E-state index in [1.165, 1.54) is 36.4 Å². The fourth-order valence-corrected chi connectivity index (χ4v) is 1.72. The minimum Gasteiger partial charge on any atom is -0.457 e. The van der Waals surface area contributed by atoms with Gasteiger partial charge >= 0.3 is 11.9 Å². The molecule has 25 heavy (non-hydrogen) atoms. The third-order valence-electron chi connectivity index (χ3n) is 2.96. The van der Waals surface area contributed by atoms with Gasteiger partial charge in [0, 0.05) is 12.1 Å². The maximum Gasteiger partial charge on any atom is 0.343 e. The molecule has 0 aromatic heterocycles. The number of nitrogens with zero attached hydrogens (tertiary/aromatic N) is 1. The number of nitriles is 1. The predicted octanol–water partition coefficient (Wildman–Crippen LogP) is 2.98. The van der Waals surface area contributed by atoms with Crippen LogP contribution in [0.3, 0.4) is 0 Å². The largest absolute Gasteiger partial charge is 0.457 e. The number of rotatable bonds is 6. The summed E-state index contributed by atoms with van der Waals surface area (Å²) < 4.78 is 28.3. The second-order valence-electron chi connectivity index (χ2n) is 4.60. The van der Waals surface area contributed by atoms with Crippen molar-refractivity contribution in [2.45, 2.75) is 0 Å². The number of benzene rings is 2. The van der Waals surface area contributed by atoms with E-state index >= 15 is 0 Å². The van der Waals surface area contributed by atoms with Crippen LogP contribution >= 0.6 is 0 Å². The van der Waals surface area contributed by atoms with Gasteiger partial charge in [0.25, 0.3) is 0 Å². The van der Waals surface area contributed by atoms with Crippen LogP contribution in [-0.4, -0.2) is 18.7 Å². The van der Waals surface area contributed by atoms with Gasteiger partial charge in [-0.2, -0.15) is 5.26 Å². The molecule has 2 aromatic carbocycles. The summed E-state index contributed by atoms with van der Waals surface area (Å²) in [7, 11) is 0. The van der Waals surface area contributed by atoms with Crippen molar-refractivity contribution in [2.75, 3.05) is 6.79 Å². The summed E-state index contributed by atoms with van der Waals surface area (Å²) in [6.07, 6.45) is 1.01. The van der Waals surface area contributed by atoms with E-state index in [0.29, 0.717) is 5.75 Å². The van der Waals surface area contributed by atoms with Gasteiger partial charge in [-0.05, 0) is 36.4 Å². The van der Waals surface area contributed by atoms with Crippen molar-refractivity contribution < 1.29 is 28.2 Å². The molecular formula is C18H12FNO5. The third kappa shape index (κ3) is 4.91. The molecule has 0 radical (unpaired) electrons. The third-order valence-corrected chi connectivity index (χ3v) is 2.96. The zero-order chi connectivity index (χ0) is 18.2. The van der Waals surface area contributed by atoms with E-state index in [2.05, 4.69) is 11.3 Å². The molecule has 7 heteroatoms. The van der Waals surface area contributed by atoms with E-state index in [1.54, 1.807) is 6.07 Å². The molecule has 2 rings (SSSR count). The Labute approximate surface area is 142 Å². The van der Waals surface area contributed by atoms with Crippen molar-refractivity contribution in [3.8, 4) is 17.6 Å². The fourth-order valence-electron chi connectivity index (χ4n) is 1.72. The molecule has 6 nitrogen and oxygen atoms in total. The van der Waals surface area contributed by atoms with Crippen LogP contribution < -0.4 is 9.47 Å². The average molecular weight is 341 g/mol. The van der Waals surface area contributed by atoms with Crippen LogP contribution in [0, 0.1) is 17.1 Å². The highest BCUT2D eigenvalue weighted by Gasteiger charge is 2.11. The van der Waals surface area contributed by atoms with E-state index in [9.17, 15) is 14.0 Å². The van der Waals surface area contributed by atoms with Crippen LogP contribution in [-0.2, 0) is 9.53 Å². The first-order valence-electron chi connectivity index (χ1n) is 6.97. The number of hydrogen-bond donors (Lipinski definition) is 0. The van der Waals surface area contributed by atoms with Crippen molar-refractivity contribution in [1.29, 1.82) is 5.26 Å². The van der Waals surface area contributed by atoms with Gasteiger partial charge in [0.2, 0.25) is 6.79 Å². The Morgan fingerprint density at radius 3 is 2.44 bits per heavy atom. The highest BCUT2D eigenvalue weighted by atomic mass is 19.1. The van der Waals surface area contributed by atoms with Gasteiger partial charge in [0.15, 0.2) is 0 Å². The predicted molar refractivity (Wildman–Crippen MR) is 84.3 cm³/mol. The summed E-state index contributed by atoms with van der Waals surface area (Å²) in [4.78, 5) is 22.9. The number of esters is 2. The van der Waals surface area contributed by atoms with E-state index in [-0.39, 0.29) is 23.7 Å². The second kappa shape index (κ2) is 8.26. The molecule has 0 unspecified atom stereocenters. The summed E-state index contributed by atoms with van der Waals surface area (Å²) in [5.41, 5.74) is 0.0682. The molecule has 0 N–H and O–H groups in total. The van der Waals surface area contributed by atoms with Crippen LogP contribution in [0.4, 0.5) is 4.39 Å². The molecule has 0 fully saturated rings. The first-order valence-corrected chi connectivity index (χ1v) is 6.97. The molecule has 0 aliphatic heterocycles. The summed E-state index contributed by atoms with van der Waals surface area (Å²) in [6, 6.07) is 11.0. The first kappa shape index (κ1) is 17.7. The van der Waals surface area contributed by atoms with Gasteiger partial charge < -0.3 is 14.2 Å². The maximum atomic E-state index is 13.5. The standard InChI is InChI=1S/C18H12FNO5/c1-2-17(21)24-11-23-14-6-3-12(4-7-14)18(22)25-15-8-5-13(10-20)16(19)9-15/h2-9H,1,11H2. The Morgan fingerprint density at radius 2 is 1.84 bits per heavy atom. The maximum absolute atomic E-state index is 13.5. The Balaban J connectivity index is 1.96. The number of hydrogen-bond acceptors (Lipinski definition) is 6. The molecule has 0 heterocycles. The number of ether oxygens (including phenoxy) is 3. The molecule has 0 bridgehead atoms. The topological polar surface area (TPSA) is 85.6 Å². The van der Waals surface area contributed by atoms with Crippen molar-refractivity contribution in [2.24, 2.45) is 0 Å². The molecule has 0 spiro atoms. The van der Waals surface area contributed by atoms with Gasteiger partial charge in [-0.1, -0.05) is 6.58 Å². The summed E-state index contributed by atoms with van der Waals surface area (Å²) in [5.74, 6) is -1.73. The van der Waals surface area contributed by atoms with Crippen molar-refractivity contribution in [1.82, 2.24) is 0 Å². The second-order valence-corrected chi connectivity index (χ2v) is 4.60. The Hall–Kier alpha value is -3.66. The molecule has 0 aliphatic carbocycles. The monoisotopic (exact) mass is 341 g/mol. The lowest BCUT2D eigenvalue weighted by Crippen LogP contribution is -2.09. The van der Waals surface area contributed by atoms with Crippen LogP contribution in [0.5, 0.6) is 11.5 Å². The lowest BCUT2D eigenvalue weighted by atomic mass is 10.2. The highest BCUT2D eigenvalue weighted by molar-refractivity contribution is 5.91. The van der Waals surface area contributed by atoms with Gasteiger partial charge in [-0.25, -0.2) is 14.0 Å². The van der Waals surface area contributed by atoms with E-state index < -0.39 is 17.8 Å². The van der Waals surface area contributed by atoms with Gasteiger partial charge in [0.05, 0.1) is 11.1 Å². The average Bonchev–Trinajstić information content (AvgIpc) is 2.62. The molecular weight excluding hydrogens is 329 g/mol. The van der Waals surface area contributed by atoms with Crippen LogP contribution in [0.2, 0.25) is 0 Å². The minimum absolute atomic E-state index is 0.0156. The fraction of sp³-hybridized carbons (Fsp3) is 0.0556. The molecule has 0 saturated carbocycles. The molecule has 0 saturated heterocycles. The summed E-state index contributed by atoms with van der Waals surface area (Å²) >= 11 is 0. The van der Waals surface area contributed by atoms with E-state index in [4.69, 9.17) is 14.7 Å². The molecule has 0 amide bonds. The summed E-state index contributed by atoms with van der Waals surface area (Å²) in [6.45, 7) is 2.95. The Kier molecular flexibility index (Phi) is 5.85. The molecule has 2 aromatic rings. The van der Waals surface area contributed by atoms with Crippen LogP contribution in [0.15, 0.2) is 55.1 Å². The SMILES string of the molecule is C=CC(=O)OCOc1ccc(C(=O)Oc2ccc(C#N)c(F)c2)cc1. The highest BCUT2D eigenvalue weighted by Crippen LogP contribution is 2.18. The number of halogens is 1. The normalized spacial score (nSPS) is 9.60. The van der Waals surface area contributed by atoms with Gasteiger partial charge in [-0.3, -0.25) is 0 Å². The molecule has 0 atom stereocenters. The van der Waals surface area contributed by atoms with Gasteiger partial charge in [0.1, 0.15) is 23.4 Å².